The number of hydrogen-bond acceptors (Lipinski definition) is 2. The Labute approximate surface area is 133 Å². The third-order valence-corrected chi connectivity index (χ3v) is 4.32. The van der Waals surface area contributed by atoms with E-state index in [0.29, 0.717) is 5.92 Å². The van der Waals surface area contributed by atoms with Crippen LogP contribution in [0, 0.1) is 5.92 Å². The van der Waals surface area contributed by atoms with Gasteiger partial charge in [0, 0.05) is 24.2 Å². The van der Waals surface area contributed by atoms with E-state index in [9.17, 15) is 0 Å². The molecule has 3 rings (SSSR count). The molecule has 0 aliphatic carbocycles. The molecule has 1 aliphatic rings. The number of ether oxygens (including phenoxy) is 1. The number of anilines is 1. The molecule has 2 aromatic carbocycles. The molecule has 0 spiro atoms. The van der Waals surface area contributed by atoms with Gasteiger partial charge in [-0.1, -0.05) is 45.0 Å². The lowest BCUT2D eigenvalue weighted by Gasteiger charge is -2.25. The lowest BCUT2D eigenvalue weighted by molar-refractivity contribution is 0.460. The first-order valence-corrected chi connectivity index (χ1v) is 8.33. The van der Waals surface area contributed by atoms with Crippen LogP contribution in [0.3, 0.4) is 0 Å². The summed E-state index contributed by atoms with van der Waals surface area (Å²) in [6, 6.07) is 12.7. The molecular formula is C20H25NO. The minimum atomic E-state index is 0.717. The average Bonchev–Trinajstić information content (AvgIpc) is 2.53. The molecule has 0 saturated carbocycles. The third-order valence-electron chi connectivity index (χ3n) is 4.32. The predicted molar refractivity (Wildman–Crippen MR) is 93.1 cm³/mol. The Morgan fingerprint density at radius 3 is 2.68 bits per heavy atom. The molecule has 0 amide bonds. The molecule has 0 fully saturated rings. The van der Waals surface area contributed by atoms with Crippen LogP contribution in [0.2, 0.25) is 0 Å². The Kier molecular flexibility index (Phi) is 4.37. The maximum atomic E-state index is 6.11. The minimum Gasteiger partial charge on any atom is -0.457 e. The quantitative estimate of drug-likeness (QED) is 0.680. The molecule has 2 aromatic rings. The topological polar surface area (TPSA) is 21.3 Å². The Bertz CT molecular complexity index is 661. The van der Waals surface area contributed by atoms with Crippen molar-refractivity contribution in [1.82, 2.24) is 0 Å². The lowest BCUT2D eigenvalue weighted by atomic mass is 9.95. The van der Waals surface area contributed by atoms with Gasteiger partial charge in [-0.05, 0) is 42.0 Å². The number of aryl methyl sites for hydroxylation is 1. The van der Waals surface area contributed by atoms with Crippen LogP contribution in [-0.4, -0.2) is 6.54 Å². The van der Waals surface area contributed by atoms with Crippen LogP contribution in [0.1, 0.15) is 43.9 Å². The van der Waals surface area contributed by atoms with Crippen molar-refractivity contribution >= 4 is 5.69 Å². The van der Waals surface area contributed by atoms with Crippen LogP contribution in [0.15, 0.2) is 36.4 Å². The van der Waals surface area contributed by atoms with E-state index in [4.69, 9.17) is 4.74 Å². The first kappa shape index (κ1) is 15.0. The average molecular weight is 295 g/mol. The standard InChI is InChI=1S/C20H25NO/c1-4-15-9-10-19-17(20(15)21-12-11-14(2)3)13-16-7-5-6-8-18(16)22-19/h5-10,14,21H,4,11-13H2,1-3H3. The largest absolute Gasteiger partial charge is 0.457 e. The van der Waals surface area contributed by atoms with Gasteiger partial charge in [0.15, 0.2) is 0 Å². The van der Waals surface area contributed by atoms with Gasteiger partial charge in [-0.2, -0.15) is 0 Å². The van der Waals surface area contributed by atoms with Crippen molar-refractivity contribution in [2.45, 2.75) is 40.0 Å². The zero-order valence-corrected chi connectivity index (χ0v) is 13.8. The number of benzene rings is 2. The second-order valence-electron chi connectivity index (χ2n) is 6.43. The predicted octanol–water partition coefficient (Wildman–Crippen LogP) is 5.40. The van der Waals surface area contributed by atoms with Crippen molar-refractivity contribution in [2.24, 2.45) is 5.92 Å². The molecule has 0 atom stereocenters. The van der Waals surface area contributed by atoms with E-state index in [-0.39, 0.29) is 0 Å². The Hall–Kier alpha value is -1.96. The molecule has 0 bridgehead atoms. The van der Waals surface area contributed by atoms with Crippen molar-refractivity contribution in [3.05, 3.63) is 53.1 Å². The van der Waals surface area contributed by atoms with Crippen molar-refractivity contribution in [1.29, 1.82) is 0 Å². The summed E-state index contributed by atoms with van der Waals surface area (Å²) < 4.78 is 6.11. The van der Waals surface area contributed by atoms with Crippen molar-refractivity contribution < 1.29 is 4.74 Å². The molecular weight excluding hydrogens is 270 g/mol. The second-order valence-corrected chi connectivity index (χ2v) is 6.43. The van der Waals surface area contributed by atoms with Gasteiger partial charge in [0.2, 0.25) is 0 Å². The Morgan fingerprint density at radius 1 is 1.09 bits per heavy atom. The lowest BCUT2D eigenvalue weighted by Crippen LogP contribution is -2.12. The number of hydrogen-bond donors (Lipinski definition) is 1. The first-order valence-electron chi connectivity index (χ1n) is 8.33. The first-order chi connectivity index (χ1) is 10.7. The van der Waals surface area contributed by atoms with Crippen molar-refractivity contribution in [2.75, 3.05) is 11.9 Å². The maximum Gasteiger partial charge on any atom is 0.133 e. The maximum absolute atomic E-state index is 6.11. The van der Waals surface area contributed by atoms with Gasteiger partial charge in [0.25, 0.3) is 0 Å². The number of rotatable bonds is 5. The summed E-state index contributed by atoms with van der Waals surface area (Å²) in [4.78, 5) is 0. The van der Waals surface area contributed by atoms with Gasteiger partial charge >= 0.3 is 0 Å². The second kappa shape index (κ2) is 6.43. The van der Waals surface area contributed by atoms with Crippen LogP contribution < -0.4 is 10.1 Å². The van der Waals surface area contributed by atoms with Gasteiger partial charge in [0.1, 0.15) is 11.5 Å². The van der Waals surface area contributed by atoms with Crippen LogP contribution in [-0.2, 0) is 12.8 Å². The van der Waals surface area contributed by atoms with E-state index in [2.05, 4.69) is 56.4 Å². The Balaban J connectivity index is 1.92. The fourth-order valence-electron chi connectivity index (χ4n) is 3.01. The van der Waals surface area contributed by atoms with Crippen LogP contribution in [0.4, 0.5) is 5.69 Å². The summed E-state index contributed by atoms with van der Waals surface area (Å²) in [6.45, 7) is 7.76. The van der Waals surface area contributed by atoms with E-state index in [0.717, 1.165) is 30.9 Å². The summed E-state index contributed by atoms with van der Waals surface area (Å²) in [6.07, 6.45) is 3.17. The van der Waals surface area contributed by atoms with E-state index in [1.54, 1.807) is 0 Å². The highest BCUT2D eigenvalue weighted by Crippen LogP contribution is 2.41. The molecule has 116 valence electrons. The van der Waals surface area contributed by atoms with E-state index < -0.39 is 0 Å². The SMILES string of the molecule is CCc1ccc2c(c1NCCC(C)C)Cc1ccccc1O2. The number of fused-ring (bicyclic) bond motifs is 2. The molecule has 1 aliphatic heterocycles. The van der Waals surface area contributed by atoms with Crippen LogP contribution in [0.25, 0.3) is 0 Å². The molecule has 1 heterocycles. The zero-order chi connectivity index (χ0) is 15.5. The van der Waals surface area contributed by atoms with Gasteiger partial charge in [-0.15, -0.1) is 0 Å². The third kappa shape index (κ3) is 2.96. The van der Waals surface area contributed by atoms with E-state index >= 15 is 0 Å². The van der Waals surface area contributed by atoms with E-state index in [1.165, 1.54) is 28.8 Å². The Morgan fingerprint density at radius 2 is 1.91 bits per heavy atom. The molecule has 22 heavy (non-hydrogen) atoms. The number of para-hydroxylation sites is 1. The van der Waals surface area contributed by atoms with Crippen LogP contribution in [0.5, 0.6) is 11.5 Å². The smallest absolute Gasteiger partial charge is 0.133 e. The summed E-state index contributed by atoms with van der Waals surface area (Å²) in [5, 5.41) is 3.67. The molecule has 0 saturated heterocycles. The van der Waals surface area contributed by atoms with Gasteiger partial charge in [-0.25, -0.2) is 0 Å². The van der Waals surface area contributed by atoms with Crippen LogP contribution >= 0.6 is 0 Å². The van der Waals surface area contributed by atoms with Crippen molar-refractivity contribution in [3.8, 4) is 11.5 Å². The monoisotopic (exact) mass is 295 g/mol. The molecule has 2 nitrogen and oxygen atoms in total. The number of nitrogens with one attached hydrogen (secondary N) is 1. The summed E-state index contributed by atoms with van der Waals surface area (Å²) in [5.74, 6) is 2.71. The highest BCUT2D eigenvalue weighted by atomic mass is 16.5. The molecule has 0 radical (unpaired) electrons. The normalized spacial score (nSPS) is 12.5. The summed E-state index contributed by atoms with van der Waals surface area (Å²) in [7, 11) is 0. The molecule has 0 unspecified atom stereocenters. The zero-order valence-electron chi connectivity index (χ0n) is 13.8. The minimum absolute atomic E-state index is 0.717. The van der Waals surface area contributed by atoms with E-state index in [1.807, 2.05) is 6.07 Å². The van der Waals surface area contributed by atoms with Gasteiger partial charge in [-0.3, -0.25) is 0 Å². The molecule has 2 heteroatoms. The fourth-order valence-corrected chi connectivity index (χ4v) is 3.01. The summed E-state index contributed by atoms with van der Waals surface area (Å²) in [5.41, 5.74) is 5.25. The van der Waals surface area contributed by atoms with Crippen molar-refractivity contribution in [3.63, 3.8) is 0 Å². The fraction of sp³-hybridized carbons (Fsp3) is 0.400. The summed E-state index contributed by atoms with van der Waals surface area (Å²) >= 11 is 0. The van der Waals surface area contributed by atoms with Gasteiger partial charge in [0.05, 0.1) is 0 Å². The highest BCUT2D eigenvalue weighted by Gasteiger charge is 2.21. The highest BCUT2D eigenvalue weighted by molar-refractivity contribution is 5.67. The van der Waals surface area contributed by atoms with Gasteiger partial charge < -0.3 is 10.1 Å². The molecule has 1 N–H and O–H groups in total. The molecule has 0 aromatic heterocycles.